The smallest absolute Gasteiger partial charge is 0.241 e. The van der Waals surface area contributed by atoms with Crippen molar-refractivity contribution in [3.05, 3.63) is 29.3 Å². The lowest BCUT2D eigenvalue weighted by atomic mass is 9.99. The molecule has 0 bridgehead atoms. The number of carbonyl (C=O) groups excluding carboxylic acids is 2. The number of carbonyl (C=O) groups is 2. The number of aliphatic hydroxyl groups excluding tert-OH is 1. The van der Waals surface area contributed by atoms with E-state index in [0.29, 0.717) is 26.2 Å². The van der Waals surface area contributed by atoms with Gasteiger partial charge in [-0.15, -0.1) is 0 Å². The van der Waals surface area contributed by atoms with Crippen LogP contribution in [0.15, 0.2) is 18.2 Å². The fourth-order valence-corrected chi connectivity index (χ4v) is 3.75. The normalized spacial score (nSPS) is 21.6. The van der Waals surface area contributed by atoms with Gasteiger partial charge in [0.05, 0.1) is 12.6 Å². The number of aryl methyl sites for hydroxylation is 2. The van der Waals surface area contributed by atoms with Crippen molar-refractivity contribution in [1.82, 2.24) is 9.80 Å². The van der Waals surface area contributed by atoms with Crippen LogP contribution in [0, 0.1) is 6.92 Å². The summed E-state index contributed by atoms with van der Waals surface area (Å²) in [6.07, 6.45) is 1.37. The molecule has 1 unspecified atom stereocenters. The molecule has 6 nitrogen and oxygen atoms in total. The standard InChI is InChI=1S/C19H27N3O3/c1-14-5-6-18-16(10-14)4-3-7-22(18)19(25)13-20-8-9-21(15(2)23)12-17(24)11-20/h5-6,10,17,24H,3-4,7-9,11-13H2,1-2H3. The van der Waals surface area contributed by atoms with E-state index in [-0.39, 0.29) is 18.4 Å². The predicted molar refractivity (Wildman–Crippen MR) is 96.6 cm³/mol. The summed E-state index contributed by atoms with van der Waals surface area (Å²) in [4.78, 5) is 29.9. The zero-order chi connectivity index (χ0) is 18.0. The lowest BCUT2D eigenvalue weighted by molar-refractivity contribution is -0.129. The maximum atomic E-state index is 12.9. The van der Waals surface area contributed by atoms with Crippen molar-refractivity contribution < 1.29 is 14.7 Å². The molecule has 3 rings (SSSR count). The number of benzene rings is 1. The first kappa shape index (κ1) is 17.9. The molecule has 6 heteroatoms. The van der Waals surface area contributed by atoms with E-state index in [4.69, 9.17) is 0 Å². The number of rotatable bonds is 2. The van der Waals surface area contributed by atoms with E-state index >= 15 is 0 Å². The number of fused-ring (bicyclic) bond motifs is 1. The van der Waals surface area contributed by atoms with Gasteiger partial charge in [-0.05, 0) is 31.4 Å². The summed E-state index contributed by atoms with van der Waals surface area (Å²) in [6.45, 7) is 6.52. The number of β-amino-alcohol motifs (C(OH)–C–C–N with tert-alkyl or cyclic N) is 1. The van der Waals surface area contributed by atoms with Gasteiger partial charge in [-0.1, -0.05) is 17.7 Å². The highest BCUT2D eigenvalue weighted by molar-refractivity contribution is 5.96. The topological polar surface area (TPSA) is 64.1 Å². The van der Waals surface area contributed by atoms with Crippen LogP contribution in [0.2, 0.25) is 0 Å². The third kappa shape index (κ3) is 4.19. The van der Waals surface area contributed by atoms with Gasteiger partial charge in [0.15, 0.2) is 0 Å². The Morgan fingerprint density at radius 3 is 2.76 bits per heavy atom. The fourth-order valence-electron chi connectivity index (χ4n) is 3.75. The van der Waals surface area contributed by atoms with Gasteiger partial charge >= 0.3 is 0 Å². The second-order valence-corrected chi connectivity index (χ2v) is 7.14. The van der Waals surface area contributed by atoms with Crippen LogP contribution in [0.4, 0.5) is 5.69 Å². The van der Waals surface area contributed by atoms with E-state index in [0.717, 1.165) is 25.1 Å². The number of hydrogen-bond acceptors (Lipinski definition) is 4. The lowest BCUT2D eigenvalue weighted by Gasteiger charge is -2.32. The average Bonchev–Trinajstić information content (AvgIpc) is 2.75. The van der Waals surface area contributed by atoms with Gasteiger partial charge in [0.1, 0.15) is 0 Å². The molecule has 1 aromatic rings. The molecule has 1 saturated heterocycles. The maximum absolute atomic E-state index is 12.9. The monoisotopic (exact) mass is 345 g/mol. The third-order valence-corrected chi connectivity index (χ3v) is 5.05. The summed E-state index contributed by atoms with van der Waals surface area (Å²) in [6, 6.07) is 6.25. The molecule has 0 saturated carbocycles. The molecular weight excluding hydrogens is 318 g/mol. The van der Waals surface area contributed by atoms with Gasteiger partial charge in [-0.25, -0.2) is 0 Å². The minimum atomic E-state index is -0.615. The highest BCUT2D eigenvalue weighted by Gasteiger charge is 2.27. The van der Waals surface area contributed by atoms with Crippen molar-refractivity contribution in [3.63, 3.8) is 0 Å². The molecule has 2 amide bonds. The quantitative estimate of drug-likeness (QED) is 0.861. The van der Waals surface area contributed by atoms with Gasteiger partial charge in [0.25, 0.3) is 0 Å². The number of anilines is 1. The van der Waals surface area contributed by atoms with Crippen LogP contribution in [-0.4, -0.2) is 72.1 Å². The van der Waals surface area contributed by atoms with Gasteiger partial charge in [-0.3, -0.25) is 14.5 Å². The molecule has 0 aliphatic carbocycles. The summed E-state index contributed by atoms with van der Waals surface area (Å²) in [5, 5.41) is 10.1. The third-order valence-electron chi connectivity index (χ3n) is 5.05. The van der Waals surface area contributed by atoms with Crippen LogP contribution in [0.25, 0.3) is 0 Å². The van der Waals surface area contributed by atoms with Gasteiger partial charge in [0, 0.05) is 45.3 Å². The Labute approximate surface area is 149 Å². The zero-order valence-corrected chi connectivity index (χ0v) is 15.1. The van der Waals surface area contributed by atoms with Crippen LogP contribution in [0.5, 0.6) is 0 Å². The van der Waals surface area contributed by atoms with E-state index in [1.807, 2.05) is 21.9 Å². The number of aliphatic hydroxyl groups is 1. The summed E-state index contributed by atoms with van der Waals surface area (Å²) < 4.78 is 0. The van der Waals surface area contributed by atoms with E-state index in [1.54, 1.807) is 4.90 Å². The molecule has 2 aliphatic rings. The largest absolute Gasteiger partial charge is 0.390 e. The zero-order valence-electron chi connectivity index (χ0n) is 15.1. The molecular formula is C19H27N3O3. The fraction of sp³-hybridized carbons (Fsp3) is 0.579. The molecule has 1 fully saturated rings. The molecule has 136 valence electrons. The molecule has 25 heavy (non-hydrogen) atoms. The first-order chi connectivity index (χ1) is 11.9. The van der Waals surface area contributed by atoms with Crippen molar-refractivity contribution >= 4 is 17.5 Å². The van der Waals surface area contributed by atoms with Gasteiger partial charge in [0.2, 0.25) is 11.8 Å². The molecule has 2 aliphatic heterocycles. The Kier molecular flexibility index (Phi) is 5.39. The molecule has 0 radical (unpaired) electrons. The van der Waals surface area contributed by atoms with Crippen LogP contribution in [-0.2, 0) is 16.0 Å². The highest BCUT2D eigenvalue weighted by atomic mass is 16.3. The summed E-state index contributed by atoms with van der Waals surface area (Å²) in [5.74, 6) is 0.0285. The second kappa shape index (κ2) is 7.54. The van der Waals surface area contributed by atoms with Gasteiger partial charge < -0.3 is 14.9 Å². The van der Waals surface area contributed by atoms with Crippen molar-refractivity contribution in [2.45, 2.75) is 32.8 Å². The molecule has 0 spiro atoms. The highest BCUT2D eigenvalue weighted by Crippen LogP contribution is 2.28. The molecule has 1 N–H and O–H groups in total. The van der Waals surface area contributed by atoms with E-state index in [9.17, 15) is 14.7 Å². The predicted octanol–water partition coefficient (Wildman–Crippen LogP) is 0.799. The second-order valence-electron chi connectivity index (χ2n) is 7.14. The Morgan fingerprint density at radius 2 is 2.00 bits per heavy atom. The van der Waals surface area contributed by atoms with Crippen molar-refractivity contribution in [3.8, 4) is 0 Å². The number of nitrogens with zero attached hydrogens (tertiary/aromatic N) is 3. The van der Waals surface area contributed by atoms with Crippen molar-refractivity contribution in [2.75, 3.05) is 44.2 Å². The minimum absolute atomic E-state index is 0.0347. The number of hydrogen-bond donors (Lipinski definition) is 1. The van der Waals surface area contributed by atoms with Crippen LogP contribution in [0.1, 0.15) is 24.5 Å². The Morgan fingerprint density at radius 1 is 1.20 bits per heavy atom. The van der Waals surface area contributed by atoms with Crippen molar-refractivity contribution in [2.24, 2.45) is 0 Å². The Balaban J connectivity index is 1.68. The van der Waals surface area contributed by atoms with Crippen molar-refractivity contribution in [1.29, 1.82) is 0 Å². The first-order valence-corrected chi connectivity index (χ1v) is 9.00. The van der Waals surface area contributed by atoms with E-state index < -0.39 is 6.10 Å². The number of amides is 2. The van der Waals surface area contributed by atoms with Gasteiger partial charge in [-0.2, -0.15) is 0 Å². The summed E-state index contributed by atoms with van der Waals surface area (Å²) in [7, 11) is 0. The average molecular weight is 345 g/mol. The maximum Gasteiger partial charge on any atom is 0.241 e. The molecule has 2 heterocycles. The van der Waals surface area contributed by atoms with E-state index in [1.165, 1.54) is 18.1 Å². The summed E-state index contributed by atoms with van der Waals surface area (Å²) in [5.41, 5.74) is 3.47. The first-order valence-electron chi connectivity index (χ1n) is 9.00. The minimum Gasteiger partial charge on any atom is -0.390 e. The summed E-state index contributed by atoms with van der Waals surface area (Å²) >= 11 is 0. The molecule has 0 aromatic heterocycles. The lowest BCUT2D eigenvalue weighted by Crippen LogP contribution is -2.45. The SMILES string of the molecule is CC(=O)N1CCN(CC(=O)N2CCCc3cc(C)ccc32)CC(O)C1. The van der Waals surface area contributed by atoms with E-state index in [2.05, 4.69) is 13.0 Å². The van der Waals surface area contributed by atoms with Crippen LogP contribution >= 0.6 is 0 Å². The van der Waals surface area contributed by atoms with Crippen LogP contribution < -0.4 is 4.90 Å². The molecule has 1 atom stereocenters. The Bertz CT molecular complexity index is 661. The Hall–Kier alpha value is -1.92. The van der Waals surface area contributed by atoms with Crippen LogP contribution in [0.3, 0.4) is 0 Å². The molecule has 1 aromatic carbocycles.